The molecule has 3 heterocycles. The van der Waals surface area contributed by atoms with E-state index >= 15 is 0 Å². The van der Waals surface area contributed by atoms with E-state index in [-0.39, 0.29) is 0 Å². The quantitative estimate of drug-likeness (QED) is 0.586. The zero-order valence-corrected chi connectivity index (χ0v) is 19.1. The van der Waals surface area contributed by atoms with Crippen molar-refractivity contribution in [2.24, 2.45) is 0 Å². The van der Waals surface area contributed by atoms with Gasteiger partial charge in [0.25, 0.3) is 0 Å². The zero-order valence-electron chi connectivity index (χ0n) is 18.4. The standard InChI is InChI=1S/C25H28ClN5O/c1-32-23-7-5-22(6-8-23)30-11-13-31(14-12-30)25-27-16-20-18-29(10-9-24(20)28-25)17-19-3-2-4-21(26)15-19/h2-8,15-16H,9-14,17-18H2,1H3. The van der Waals surface area contributed by atoms with Gasteiger partial charge in [-0.15, -0.1) is 0 Å². The summed E-state index contributed by atoms with van der Waals surface area (Å²) in [5.74, 6) is 1.75. The lowest BCUT2D eigenvalue weighted by atomic mass is 10.1. The lowest BCUT2D eigenvalue weighted by molar-refractivity contribution is 0.243. The highest BCUT2D eigenvalue weighted by Gasteiger charge is 2.23. The number of anilines is 2. The molecule has 3 aromatic rings. The van der Waals surface area contributed by atoms with Crippen LogP contribution in [0.15, 0.2) is 54.7 Å². The van der Waals surface area contributed by atoms with Crippen molar-refractivity contribution in [1.82, 2.24) is 14.9 Å². The van der Waals surface area contributed by atoms with Crippen molar-refractivity contribution in [3.05, 3.63) is 76.6 Å². The molecular weight excluding hydrogens is 422 g/mol. The summed E-state index contributed by atoms with van der Waals surface area (Å²) in [7, 11) is 1.70. The third-order valence-corrected chi connectivity index (χ3v) is 6.53. The molecule has 0 atom stereocenters. The van der Waals surface area contributed by atoms with Gasteiger partial charge in [-0.05, 0) is 42.0 Å². The van der Waals surface area contributed by atoms with Gasteiger partial charge in [0.15, 0.2) is 0 Å². The van der Waals surface area contributed by atoms with Crippen LogP contribution in [-0.4, -0.2) is 54.7 Å². The summed E-state index contributed by atoms with van der Waals surface area (Å²) in [6.07, 6.45) is 2.98. The Morgan fingerprint density at radius 2 is 1.75 bits per heavy atom. The Morgan fingerprint density at radius 3 is 2.50 bits per heavy atom. The van der Waals surface area contributed by atoms with Crippen molar-refractivity contribution in [2.75, 3.05) is 49.6 Å². The second-order valence-corrected chi connectivity index (χ2v) is 8.84. The Balaban J connectivity index is 1.20. The first-order valence-electron chi connectivity index (χ1n) is 11.1. The van der Waals surface area contributed by atoms with Crippen molar-refractivity contribution in [2.45, 2.75) is 19.5 Å². The van der Waals surface area contributed by atoms with Crippen LogP contribution in [0.25, 0.3) is 0 Å². The number of nitrogens with zero attached hydrogens (tertiary/aromatic N) is 5. The molecular formula is C25H28ClN5O. The summed E-state index contributed by atoms with van der Waals surface area (Å²) >= 11 is 6.14. The number of hydrogen-bond acceptors (Lipinski definition) is 6. The molecule has 0 N–H and O–H groups in total. The van der Waals surface area contributed by atoms with Gasteiger partial charge in [0.2, 0.25) is 5.95 Å². The topological polar surface area (TPSA) is 44.7 Å². The maximum Gasteiger partial charge on any atom is 0.225 e. The van der Waals surface area contributed by atoms with E-state index in [2.05, 4.69) is 32.9 Å². The number of ether oxygens (including phenoxy) is 1. The fourth-order valence-corrected chi connectivity index (χ4v) is 4.72. The first-order chi connectivity index (χ1) is 15.7. The highest BCUT2D eigenvalue weighted by atomic mass is 35.5. The van der Waals surface area contributed by atoms with Gasteiger partial charge < -0.3 is 14.5 Å². The van der Waals surface area contributed by atoms with Crippen LogP contribution in [0.2, 0.25) is 5.02 Å². The van der Waals surface area contributed by atoms with Gasteiger partial charge in [-0.2, -0.15) is 0 Å². The third-order valence-electron chi connectivity index (χ3n) is 6.30. The third kappa shape index (κ3) is 4.66. The SMILES string of the molecule is COc1ccc(N2CCN(c3ncc4c(n3)CCN(Cc3cccc(Cl)c3)C4)CC2)cc1. The number of fused-ring (bicyclic) bond motifs is 1. The van der Waals surface area contributed by atoms with Gasteiger partial charge >= 0.3 is 0 Å². The summed E-state index contributed by atoms with van der Waals surface area (Å²) in [5.41, 5.74) is 4.90. The monoisotopic (exact) mass is 449 g/mol. The average molecular weight is 450 g/mol. The van der Waals surface area contributed by atoms with E-state index in [0.717, 1.165) is 69.0 Å². The van der Waals surface area contributed by atoms with Gasteiger partial charge in [-0.3, -0.25) is 4.90 Å². The Labute approximate surface area is 194 Å². The van der Waals surface area contributed by atoms with Gasteiger partial charge in [0, 0.05) is 74.7 Å². The highest BCUT2D eigenvalue weighted by molar-refractivity contribution is 6.30. The fourth-order valence-electron chi connectivity index (χ4n) is 4.50. The van der Waals surface area contributed by atoms with Crippen LogP contribution in [0.5, 0.6) is 5.75 Å². The van der Waals surface area contributed by atoms with E-state index in [0.29, 0.717) is 0 Å². The van der Waals surface area contributed by atoms with Gasteiger partial charge in [0.1, 0.15) is 5.75 Å². The molecule has 7 heteroatoms. The second kappa shape index (κ2) is 9.35. The molecule has 0 bridgehead atoms. The van der Waals surface area contributed by atoms with Crippen molar-refractivity contribution in [3.63, 3.8) is 0 Å². The Bertz CT molecular complexity index is 1070. The molecule has 5 rings (SSSR count). The van der Waals surface area contributed by atoms with Crippen LogP contribution in [0, 0.1) is 0 Å². The van der Waals surface area contributed by atoms with E-state index in [1.165, 1.54) is 22.5 Å². The zero-order chi connectivity index (χ0) is 21.9. The molecule has 1 aromatic heterocycles. The Kier molecular flexibility index (Phi) is 6.14. The first-order valence-corrected chi connectivity index (χ1v) is 11.5. The molecule has 0 radical (unpaired) electrons. The Morgan fingerprint density at radius 1 is 0.969 bits per heavy atom. The summed E-state index contributed by atoms with van der Waals surface area (Å²) in [6, 6.07) is 16.4. The molecule has 0 aliphatic carbocycles. The largest absolute Gasteiger partial charge is 0.497 e. The summed E-state index contributed by atoms with van der Waals surface area (Å²) in [5, 5.41) is 0.792. The van der Waals surface area contributed by atoms with Gasteiger partial charge in [-0.25, -0.2) is 9.97 Å². The molecule has 166 valence electrons. The van der Waals surface area contributed by atoms with Gasteiger partial charge in [0.05, 0.1) is 12.8 Å². The van der Waals surface area contributed by atoms with E-state index in [4.69, 9.17) is 26.3 Å². The van der Waals surface area contributed by atoms with Crippen LogP contribution in [0.4, 0.5) is 11.6 Å². The van der Waals surface area contributed by atoms with E-state index in [1.807, 2.05) is 36.5 Å². The predicted molar refractivity (Wildman–Crippen MR) is 129 cm³/mol. The number of halogens is 1. The van der Waals surface area contributed by atoms with Crippen molar-refractivity contribution in [3.8, 4) is 5.75 Å². The maximum absolute atomic E-state index is 6.14. The summed E-state index contributed by atoms with van der Waals surface area (Å²) < 4.78 is 5.27. The first kappa shape index (κ1) is 21.0. The number of methoxy groups -OCH3 is 1. The van der Waals surface area contributed by atoms with Crippen molar-refractivity contribution < 1.29 is 4.74 Å². The van der Waals surface area contributed by atoms with E-state index in [1.54, 1.807) is 7.11 Å². The molecule has 2 aromatic carbocycles. The van der Waals surface area contributed by atoms with E-state index in [9.17, 15) is 0 Å². The molecule has 0 spiro atoms. The highest BCUT2D eigenvalue weighted by Crippen LogP contribution is 2.24. The average Bonchev–Trinajstić information content (AvgIpc) is 2.84. The molecule has 1 saturated heterocycles. The fraction of sp³-hybridized carbons (Fsp3) is 0.360. The molecule has 0 saturated carbocycles. The predicted octanol–water partition coefficient (Wildman–Crippen LogP) is 4.02. The lowest BCUT2D eigenvalue weighted by Gasteiger charge is -2.36. The van der Waals surface area contributed by atoms with Crippen LogP contribution in [-0.2, 0) is 19.5 Å². The minimum absolute atomic E-state index is 0.792. The minimum Gasteiger partial charge on any atom is -0.497 e. The van der Waals surface area contributed by atoms with Crippen LogP contribution in [0.1, 0.15) is 16.8 Å². The molecule has 2 aliphatic heterocycles. The van der Waals surface area contributed by atoms with Gasteiger partial charge in [-0.1, -0.05) is 23.7 Å². The van der Waals surface area contributed by atoms with Crippen molar-refractivity contribution >= 4 is 23.2 Å². The second-order valence-electron chi connectivity index (χ2n) is 8.40. The molecule has 1 fully saturated rings. The summed E-state index contributed by atoms with van der Waals surface area (Å²) in [4.78, 5) is 16.8. The van der Waals surface area contributed by atoms with Crippen LogP contribution >= 0.6 is 11.6 Å². The van der Waals surface area contributed by atoms with E-state index < -0.39 is 0 Å². The molecule has 0 unspecified atom stereocenters. The normalized spacial score (nSPS) is 16.7. The number of aromatic nitrogens is 2. The molecule has 0 amide bonds. The molecule has 6 nitrogen and oxygen atoms in total. The minimum atomic E-state index is 0.792. The number of benzene rings is 2. The number of rotatable bonds is 5. The number of hydrogen-bond donors (Lipinski definition) is 0. The maximum atomic E-state index is 6.14. The molecule has 32 heavy (non-hydrogen) atoms. The number of piperazine rings is 1. The molecule has 2 aliphatic rings. The smallest absolute Gasteiger partial charge is 0.225 e. The van der Waals surface area contributed by atoms with Crippen molar-refractivity contribution in [1.29, 1.82) is 0 Å². The van der Waals surface area contributed by atoms with Crippen LogP contribution in [0.3, 0.4) is 0 Å². The van der Waals surface area contributed by atoms with Crippen LogP contribution < -0.4 is 14.5 Å². The summed E-state index contributed by atoms with van der Waals surface area (Å²) in [6.45, 7) is 6.54. The Hall–Kier alpha value is -2.83. The lowest BCUT2D eigenvalue weighted by Crippen LogP contribution is -2.47.